The monoisotopic (exact) mass is 414 g/mol. The van der Waals surface area contributed by atoms with Crippen molar-refractivity contribution in [2.24, 2.45) is 0 Å². The highest BCUT2D eigenvalue weighted by atomic mass is 32.2. The summed E-state index contributed by atoms with van der Waals surface area (Å²) < 4.78 is 18.8. The molecule has 28 heavy (non-hydrogen) atoms. The first-order chi connectivity index (χ1) is 13.6. The molecule has 1 aromatic heterocycles. The Labute approximate surface area is 171 Å². The first-order valence-corrected chi connectivity index (χ1v) is 10.8. The molecule has 1 atom stereocenters. The number of carbonyl (C=O) groups excluding carboxylic acids is 1. The number of ether oxygens (including phenoxy) is 1. The minimum Gasteiger partial charge on any atom is -0.497 e. The highest BCUT2D eigenvalue weighted by molar-refractivity contribution is 7.99. The second-order valence-corrected chi connectivity index (χ2v) is 8.48. The highest BCUT2D eigenvalue weighted by Crippen LogP contribution is 2.36. The molecule has 1 N–H and O–H groups in total. The zero-order valence-electron chi connectivity index (χ0n) is 15.3. The van der Waals surface area contributed by atoms with Crippen molar-refractivity contribution in [1.29, 1.82) is 0 Å². The van der Waals surface area contributed by atoms with Crippen molar-refractivity contribution in [3.05, 3.63) is 64.9 Å². The number of hydrogen-bond acceptors (Lipinski definition) is 5. The summed E-state index contributed by atoms with van der Waals surface area (Å²) in [6.45, 7) is 0. The van der Waals surface area contributed by atoms with Gasteiger partial charge in [0.2, 0.25) is 5.91 Å². The van der Waals surface area contributed by atoms with E-state index in [1.165, 1.54) is 23.5 Å². The summed E-state index contributed by atoms with van der Waals surface area (Å²) >= 11 is 3.21. The van der Waals surface area contributed by atoms with Crippen LogP contribution in [-0.4, -0.2) is 23.8 Å². The van der Waals surface area contributed by atoms with Crippen molar-refractivity contribution in [2.45, 2.75) is 23.8 Å². The normalized spacial score (nSPS) is 15.7. The number of amides is 1. The van der Waals surface area contributed by atoms with Crippen LogP contribution in [0, 0.1) is 5.82 Å². The Balaban J connectivity index is 1.42. The molecule has 0 bridgehead atoms. The molecule has 1 aliphatic rings. The van der Waals surface area contributed by atoms with E-state index in [0.717, 1.165) is 44.6 Å². The van der Waals surface area contributed by atoms with Crippen LogP contribution in [0.5, 0.6) is 5.75 Å². The molecule has 0 saturated carbocycles. The van der Waals surface area contributed by atoms with Crippen LogP contribution in [-0.2, 0) is 11.2 Å². The number of thiazole rings is 1. The number of halogens is 1. The van der Waals surface area contributed by atoms with Crippen molar-refractivity contribution in [2.75, 3.05) is 12.9 Å². The third-order valence-corrected chi connectivity index (χ3v) is 6.64. The molecular weight excluding hydrogens is 395 g/mol. The van der Waals surface area contributed by atoms with E-state index < -0.39 is 0 Å². The van der Waals surface area contributed by atoms with Crippen LogP contribution in [0.3, 0.4) is 0 Å². The summed E-state index contributed by atoms with van der Waals surface area (Å²) in [5.74, 6) is 1.33. The number of methoxy groups -OCH3 is 1. The van der Waals surface area contributed by atoms with Crippen LogP contribution in [0.25, 0.3) is 10.6 Å². The van der Waals surface area contributed by atoms with Gasteiger partial charge in [0.05, 0.1) is 25.3 Å². The summed E-state index contributed by atoms with van der Waals surface area (Å²) in [7, 11) is 1.63. The molecule has 0 spiro atoms. The third kappa shape index (κ3) is 4.20. The molecule has 144 valence electrons. The van der Waals surface area contributed by atoms with E-state index in [9.17, 15) is 9.18 Å². The Bertz CT molecular complexity index is 988. The van der Waals surface area contributed by atoms with E-state index in [4.69, 9.17) is 4.74 Å². The number of nitrogens with one attached hydrogen (secondary N) is 1. The number of rotatable bonds is 5. The molecule has 4 nitrogen and oxygen atoms in total. The number of hydrogen-bond donors (Lipinski definition) is 1. The average molecular weight is 415 g/mol. The summed E-state index contributed by atoms with van der Waals surface area (Å²) in [6.07, 6.45) is 1.00. The van der Waals surface area contributed by atoms with Gasteiger partial charge in [-0.05, 0) is 54.4 Å². The predicted octanol–water partition coefficient (Wildman–Crippen LogP) is 4.85. The average Bonchev–Trinajstić information content (AvgIpc) is 3.17. The van der Waals surface area contributed by atoms with Gasteiger partial charge in [0, 0.05) is 21.6 Å². The molecule has 0 saturated heterocycles. The molecule has 1 amide bonds. The van der Waals surface area contributed by atoms with E-state index in [1.54, 1.807) is 24.9 Å². The zero-order valence-corrected chi connectivity index (χ0v) is 16.9. The minimum absolute atomic E-state index is 0.0984. The standard InChI is InChI=1S/C21H19FN2O2S2/c1-26-16-5-2-13(3-6-16)21-23-15(12-28-21)11-20(25)24-18-8-9-27-19-7-4-14(22)10-17(18)19/h2-7,10,12,18H,8-9,11H2,1H3,(H,24,25). The molecule has 1 unspecified atom stereocenters. The minimum atomic E-state index is -0.274. The SMILES string of the molecule is COc1ccc(-c2nc(CC(=O)NC3CCSc4ccc(F)cc43)cs2)cc1. The molecule has 0 aliphatic carbocycles. The largest absolute Gasteiger partial charge is 0.497 e. The maximum absolute atomic E-state index is 13.6. The fourth-order valence-corrected chi connectivity index (χ4v) is 5.11. The van der Waals surface area contributed by atoms with Gasteiger partial charge in [0.1, 0.15) is 16.6 Å². The Morgan fingerprint density at radius 1 is 1.29 bits per heavy atom. The van der Waals surface area contributed by atoms with Crippen LogP contribution >= 0.6 is 23.1 Å². The third-order valence-electron chi connectivity index (χ3n) is 4.58. The van der Waals surface area contributed by atoms with Crippen LogP contribution in [0.1, 0.15) is 23.7 Å². The van der Waals surface area contributed by atoms with Gasteiger partial charge in [-0.1, -0.05) is 0 Å². The molecule has 2 aromatic carbocycles. The first-order valence-electron chi connectivity index (χ1n) is 8.93. The van der Waals surface area contributed by atoms with Crippen molar-refractivity contribution >= 4 is 29.0 Å². The molecule has 7 heteroatoms. The molecule has 0 fully saturated rings. The molecule has 2 heterocycles. The van der Waals surface area contributed by atoms with E-state index in [0.29, 0.717) is 0 Å². The van der Waals surface area contributed by atoms with Gasteiger partial charge in [-0.15, -0.1) is 23.1 Å². The van der Waals surface area contributed by atoms with Crippen molar-refractivity contribution in [3.63, 3.8) is 0 Å². The van der Waals surface area contributed by atoms with E-state index in [1.807, 2.05) is 29.6 Å². The van der Waals surface area contributed by atoms with E-state index in [2.05, 4.69) is 10.3 Å². The quantitative estimate of drug-likeness (QED) is 0.648. The number of fused-ring (bicyclic) bond motifs is 1. The van der Waals surface area contributed by atoms with Crippen LogP contribution in [0.15, 0.2) is 52.7 Å². The van der Waals surface area contributed by atoms with E-state index >= 15 is 0 Å². The topological polar surface area (TPSA) is 51.2 Å². The number of benzene rings is 2. The molecule has 4 rings (SSSR count). The van der Waals surface area contributed by atoms with Gasteiger partial charge in [-0.2, -0.15) is 0 Å². The lowest BCUT2D eigenvalue weighted by Gasteiger charge is -2.25. The smallest absolute Gasteiger partial charge is 0.226 e. The predicted molar refractivity (Wildman–Crippen MR) is 110 cm³/mol. The lowest BCUT2D eigenvalue weighted by molar-refractivity contribution is -0.121. The second-order valence-electron chi connectivity index (χ2n) is 6.49. The Hall–Kier alpha value is -2.38. The van der Waals surface area contributed by atoms with Crippen LogP contribution in [0.4, 0.5) is 4.39 Å². The molecule has 3 aromatic rings. The summed E-state index contributed by atoms with van der Waals surface area (Å²) in [4.78, 5) is 18.2. The lowest BCUT2D eigenvalue weighted by atomic mass is 10.0. The fourth-order valence-electron chi connectivity index (χ4n) is 3.18. The number of carbonyl (C=O) groups is 1. The van der Waals surface area contributed by atoms with Gasteiger partial charge in [-0.25, -0.2) is 9.37 Å². The van der Waals surface area contributed by atoms with Crippen molar-refractivity contribution < 1.29 is 13.9 Å². The number of thioether (sulfide) groups is 1. The second kappa shape index (κ2) is 8.32. The van der Waals surface area contributed by atoms with Crippen molar-refractivity contribution in [1.82, 2.24) is 10.3 Å². The van der Waals surface area contributed by atoms with Gasteiger partial charge >= 0.3 is 0 Å². The highest BCUT2D eigenvalue weighted by Gasteiger charge is 2.23. The number of nitrogens with zero attached hydrogens (tertiary/aromatic N) is 1. The van der Waals surface area contributed by atoms with E-state index in [-0.39, 0.29) is 24.2 Å². The van der Waals surface area contributed by atoms with Gasteiger partial charge in [0.15, 0.2) is 0 Å². The maximum atomic E-state index is 13.6. The lowest BCUT2D eigenvalue weighted by Crippen LogP contribution is -2.31. The van der Waals surface area contributed by atoms with Gasteiger partial charge in [-0.3, -0.25) is 4.79 Å². The molecule has 1 aliphatic heterocycles. The fraction of sp³-hybridized carbons (Fsp3) is 0.238. The van der Waals surface area contributed by atoms with Gasteiger partial charge in [0.25, 0.3) is 0 Å². The zero-order chi connectivity index (χ0) is 19.5. The Morgan fingerprint density at radius 3 is 2.89 bits per heavy atom. The maximum Gasteiger partial charge on any atom is 0.226 e. The summed E-state index contributed by atoms with van der Waals surface area (Å²) in [5, 5.41) is 5.82. The van der Waals surface area contributed by atoms with Crippen LogP contribution in [0.2, 0.25) is 0 Å². The van der Waals surface area contributed by atoms with Crippen LogP contribution < -0.4 is 10.1 Å². The Morgan fingerprint density at radius 2 is 2.11 bits per heavy atom. The van der Waals surface area contributed by atoms with Gasteiger partial charge < -0.3 is 10.1 Å². The summed E-state index contributed by atoms with van der Waals surface area (Å²) in [5.41, 5.74) is 2.59. The Kier molecular flexibility index (Phi) is 5.64. The molecular formula is C21H19FN2O2S2. The number of aromatic nitrogens is 1. The first kappa shape index (κ1) is 19.0. The summed E-state index contributed by atoms with van der Waals surface area (Å²) in [6, 6.07) is 12.3. The van der Waals surface area contributed by atoms with Crippen molar-refractivity contribution in [3.8, 4) is 16.3 Å². The molecule has 0 radical (unpaired) electrons.